The summed E-state index contributed by atoms with van der Waals surface area (Å²) in [6, 6.07) is 28.8. The summed E-state index contributed by atoms with van der Waals surface area (Å²) in [4.78, 5) is 14.9. The van der Waals surface area contributed by atoms with Crippen LogP contribution in [0.5, 0.6) is 5.75 Å². The molecule has 4 aromatic carbocycles. The highest BCUT2D eigenvalue weighted by atomic mass is 32.2. The highest BCUT2D eigenvalue weighted by Gasteiger charge is 2.40. The van der Waals surface area contributed by atoms with Crippen LogP contribution in [-0.4, -0.2) is 11.1 Å². The van der Waals surface area contributed by atoms with E-state index < -0.39 is 5.60 Å². The molecule has 0 atom stereocenters. The highest BCUT2D eigenvalue weighted by molar-refractivity contribution is 7.50. The van der Waals surface area contributed by atoms with Crippen molar-refractivity contribution < 1.29 is 14.6 Å². The average molecular weight is 494 g/mol. The molecule has 1 heterocycles. The van der Waals surface area contributed by atoms with Crippen LogP contribution in [0.15, 0.2) is 84.9 Å². The fourth-order valence-electron chi connectivity index (χ4n) is 5.88. The van der Waals surface area contributed by atoms with E-state index in [1.165, 1.54) is 25.1 Å². The van der Waals surface area contributed by atoms with E-state index in [1.54, 1.807) is 12.1 Å². The molecule has 0 unspecified atom stereocenters. The lowest BCUT2D eigenvalue weighted by Crippen LogP contribution is -2.30. The summed E-state index contributed by atoms with van der Waals surface area (Å²) in [5, 5.41) is 12.7. The van der Waals surface area contributed by atoms with E-state index in [2.05, 4.69) is 60.7 Å². The Balaban J connectivity index is 1.42. The summed E-state index contributed by atoms with van der Waals surface area (Å²) in [5.41, 5.74) is 2.72. The Hall–Kier alpha value is -3.63. The second-order valence-corrected chi connectivity index (χ2v) is 11.8. The van der Waals surface area contributed by atoms with Crippen molar-refractivity contribution in [3.63, 3.8) is 0 Å². The van der Waals surface area contributed by atoms with Crippen LogP contribution in [0.3, 0.4) is 0 Å². The zero-order valence-corrected chi connectivity index (χ0v) is 21.4. The number of fused-ring (bicyclic) bond motifs is 3. The number of rotatable bonds is 4. The van der Waals surface area contributed by atoms with Gasteiger partial charge in [0.25, 0.3) is 0 Å². The molecule has 0 saturated heterocycles. The van der Waals surface area contributed by atoms with Crippen LogP contribution in [0.1, 0.15) is 52.7 Å². The molecule has 1 fully saturated rings. The molecule has 0 bridgehead atoms. The number of phenols is 1. The van der Waals surface area contributed by atoms with Gasteiger partial charge < -0.3 is 9.84 Å². The Bertz CT molecular complexity index is 1550. The van der Waals surface area contributed by atoms with E-state index in [4.69, 9.17) is 4.74 Å². The summed E-state index contributed by atoms with van der Waals surface area (Å²) >= 11 is 0. The standard InChI is InChI=1S/C32H28O3S/c1-21-18-25(36-28-14-5-3-12-26(28)27-13-4-6-15-29(27)36)19-22(2)30(21)31(34)35-32(16-7-8-17-32)23-10-9-11-24(33)20-23/h3-6,9-15,18-20H,7-8,16-17H2,1-2H3/p+1. The number of hydrogen-bond donors (Lipinski definition) is 1. The molecular formula is C32H29O3S+. The van der Waals surface area contributed by atoms with Gasteiger partial charge >= 0.3 is 5.97 Å². The number of aryl methyl sites for hydroxylation is 2. The molecule has 3 nitrogen and oxygen atoms in total. The van der Waals surface area contributed by atoms with Gasteiger partial charge in [-0.1, -0.05) is 36.4 Å². The van der Waals surface area contributed by atoms with Crippen molar-refractivity contribution >= 4 is 36.6 Å². The molecule has 0 amide bonds. The lowest BCUT2D eigenvalue weighted by Gasteiger charge is -2.30. The number of aromatic hydroxyl groups is 1. The average Bonchev–Trinajstić information content (AvgIpc) is 3.47. The number of carbonyl (C=O) groups is 1. The minimum Gasteiger partial charge on any atom is -0.508 e. The molecule has 5 aromatic rings. The maximum Gasteiger partial charge on any atom is 0.339 e. The molecular weight excluding hydrogens is 464 g/mol. The van der Waals surface area contributed by atoms with Crippen molar-refractivity contribution in [2.75, 3.05) is 0 Å². The number of esters is 1. The maximum atomic E-state index is 13.7. The zero-order valence-electron chi connectivity index (χ0n) is 20.6. The number of hydrogen-bond acceptors (Lipinski definition) is 3. The molecule has 4 heteroatoms. The molecule has 6 rings (SSSR count). The van der Waals surface area contributed by atoms with Crippen molar-refractivity contribution in [2.45, 2.75) is 45.1 Å². The molecule has 0 radical (unpaired) electrons. The molecule has 0 spiro atoms. The van der Waals surface area contributed by atoms with Gasteiger partial charge in [0.2, 0.25) is 0 Å². The minimum absolute atomic E-state index is 0.199. The summed E-state index contributed by atoms with van der Waals surface area (Å²) in [6.45, 7) is 4.03. The number of ether oxygens (including phenoxy) is 1. The summed E-state index contributed by atoms with van der Waals surface area (Å²) < 4.78 is 8.99. The molecule has 1 aromatic heterocycles. The minimum atomic E-state index is -0.682. The van der Waals surface area contributed by atoms with Crippen molar-refractivity contribution in [3.8, 4) is 10.6 Å². The van der Waals surface area contributed by atoms with Gasteiger partial charge in [-0.25, -0.2) is 4.79 Å². The van der Waals surface area contributed by atoms with Crippen molar-refractivity contribution in [1.82, 2.24) is 0 Å². The lowest BCUT2D eigenvalue weighted by atomic mass is 9.91. The van der Waals surface area contributed by atoms with Crippen LogP contribution in [0.25, 0.3) is 25.1 Å². The third-order valence-corrected chi connectivity index (χ3v) is 9.82. The van der Waals surface area contributed by atoms with Crippen LogP contribution in [0.2, 0.25) is 0 Å². The van der Waals surface area contributed by atoms with Gasteiger partial charge in [-0.2, -0.15) is 0 Å². The first-order chi connectivity index (χ1) is 17.5. The van der Waals surface area contributed by atoms with E-state index in [1.807, 2.05) is 26.0 Å². The third-order valence-electron chi connectivity index (χ3n) is 7.52. The van der Waals surface area contributed by atoms with Gasteiger partial charge in [-0.3, -0.25) is 0 Å². The number of thiophene rings is 1. The summed E-state index contributed by atoms with van der Waals surface area (Å²) in [6.07, 6.45) is 3.55. The molecule has 36 heavy (non-hydrogen) atoms. The Morgan fingerprint density at radius 2 is 1.39 bits per heavy atom. The van der Waals surface area contributed by atoms with Crippen LogP contribution < -0.4 is 0 Å². The van der Waals surface area contributed by atoms with E-state index in [-0.39, 0.29) is 22.2 Å². The monoisotopic (exact) mass is 493 g/mol. The van der Waals surface area contributed by atoms with E-state index >= 15 is 0 Å². The third kappa shape index (κ3) is 3.68. The fourth-order valence-corrected chi connectivity index (χ4v) is 8.44. The number of carbonyl (C=O) groups excluding carboxylic acids is 1. The second-order valence-electron chi connectivity index (χ2n) is 9.87. The highest BCUT2D eigenvalue weighted by Crippen LogP contribution is 2.49. The summed E-state index contributed by atoms with van der Waals surface area (Å²) in [7, 11) is -0.207. The first kappa shape index (κ1) is 22.8. The molecule has 1 aliphatic carbocycles. The van der Waals surface area contributed by atoms with Gasteiger partial charge in [0.15, 0.2) is 14.3 Å². The van der Waals surface area contributed by atoms with Crippen molar-refractivity contribution in [1.29, 1.82) is 0 Å². The number of phenolic OH excluding ortho intramolecular Hbond substituents is 1. The van der Waals surface area contributed by atoms with Crippen LogP contribution >= 0.6 is 10.5 Å². The smallest absolute Gasteiger partial charge is 0.339 e. The largest absolute Gasteiger partial charge is 0.508 e. The first-order valence-corrected chi connectivity index (χ1v) is 13.8. The quantitative estimate of drug-likeness (QED) is 0.201. The molecule has 0 aliphatic heterocycles. The van der Waals surface area contributed by atoms with E-state index in [9.17, 15) is 9.90 Å². The first-order valence-electron chi connectivity index (χ1n) is 12.5. The lowest BCUT2D eigenvalue weighted by molar-refractivity contribution is -0.0186. The Morgan fingerprint density at radius 1 is 0.806 bits per heavy atom. The van der Waals surface area contributed by atoms with E-state index in [0.29, 0.717) is 5.56 Å². The SMILES string of the molecule is Cc1cc(-[s+]2c3ccccc3c3ccccc32)cc(C)c1C(=O)OC1(c2cccc(O)c2)CCCC1. The van der Waals surface area contributed by atoms with Gasteiger partial charge in [0.1, 0.15) is 11.4 Å². The zero-order chi connectivity index (χ0) is 24.9. The van der Waals surface area contributed by atoms with E-state index in [0.717, 1.165) is 42.4 Å². The van der Waals surface area contributed by atoms with Crippen molar-refractivity contribution in [3.05, 3.63) is 107 Å². The Labute approximate surface area is 214 Å². The Morgan fingerprint density at radius 3 is 1.97 bits per heavy atom. The molecule has 1 saturated carbocycles. The Kier molecular flexibility index (Phi) is 5.57. The van der Waals surface area contributed by atoms with Crippen LogP contribution in [-0.2, 0) is 10.3 Å². The van der Waals surface area contributed by atoms with Gasteiger partial charge in [-0.05, 0) is 92.6 Å². The molecule has 1 N–H and O–H groups in total. The predicted octanol–water partition coefficient (Wildman–Crippen LogP) is 8.68. The van der Waals surface area contributed by atoms with Gasteiger partial charge in [0, 0.05) is 33.4 Å². The van der Waals surface area contributed by atoms with Gasteiger partial charge in [0.05, 0.1) is 5.56 Å². The van der Waals surface area contributed by atoms with Crippen LogP contribution in [0.4, 0.5) is 0 Å². The predicted molar refractivity (Wildman–Crippen MR) is 148 cm³/mol. The van der Waals surface area contributed by atoms with Crippen molar-refractivity contribution in [2.24, 2.45) is 0 Å². The molecule has 180 valence electrons. The maximum absolute atomic E-state index is 13.7. The van der Waals surface area contributed by atoms with Crippen LogP contribution in [0, 0.1) is 13.8 Å². The number of benzene rings is 4. The fraction of sp³-hybridized carbons (Fsp3) is 0.219. The summed E-state index contributed by atoms with van der Waals surface area (Å²) in [5.74, 6) is -0.0815. The second kappa shape index (κ2) is 8.79. The molecule has 1 aliphatic rings. The van der Waals surface area contributed by atoms with Gasteiger partial charge in [-0.15, -0.1) is 0 Å². The topological polar surface area (TPSA) is 46.5 Å². The normalized spacial score (nSPS) is 14.9.